The van der Waals surface area contributed by atoms with E-state index in [-0.39, 0.29) is 5.60 Å². The molecule has 1 aromatic carbocycles. The van der Waals surface area contributed by atoms with E-state index < -0.39 is 0 Å². The van der Waals surface area contributed by atoms with E-state index in [1.54, 1.807) is 0 Å². The fourth-order valence-corrected chi connectivity index (χ4v) is 4.06. The third-order valence-corrected chi connectivity index (χ3v) is 5.49. The summed E-state index contributed by atoms with van der Waals surface area (Å²) in [7, 11) is 3.91. The summed E-state index contributed by atoms with van der Waals surface area (Å²) in [6.45, 7) is 0. The first-order chi connectivity index (χ1) is 9.28. The number of fused-ring (bicyclic) bond motifs is 1. The van der Waals surface area contributed by atoms with Gasteiger partial charge in [0.1, 0.15) is 0 Å². The summed E-state index contributed by atoms with van der Waals surface area (Å²) in [4.78, 5) is 0. The Hall–Kier alpha value is -0.900. The van der Waals surface area contributed by atoms with Crippen LogP contribution in [0.4, 0.5) is 0 Å². The predicted molar refractivity (Wildman–Crippen MR) is 81.8 cm³/mol. The molecule has 0 saturated heterocycles. The van der Waals surface area contributed by atoms with Crippen molar-refractivity contribution in [1.82, 2.24) is 5.32 Å². The molecule has 0 spiro atoms. The summed E-state index contributed by atoms with van der Waals surface area (Å²) in [5, 5.41) is 7.01. The van der Waals surface area contributed by atoms with Crippen molar-refractivity contribution in [2.75, 3.05) is 14.2 Å². The van der Waals surface area contributed by atoms with Crippen molar-refractivity contribution in [3.8, 4) is 0 Å². The van der Waals surface area contributed by atoms with Gasteiger partial charge in [0.25, 0.3) is 0 Å². The van der Waals surface area contributed by atoms with Gasteiger partial charge in [-0.1, -0.05) is 18.2 Å². The van der Waals surface area contributed by atoms with Crippen LogP contribution < -0.4 is 5.32 Å². The summed E-state index contributed by atoms with van der Waals surface area (Å²) >= 11 is 1.84. The molecule has 1 heterocycles. The zero-order valence-electron chi connectivity index (χ0n) is 11.6. The number of hydrogen-bond acceptors (Lipinski definition) is 3. The first kappa shape index (κ1) is 13.1. The average molecular weight is 275 g/mol. The standard InChI is InChI=1S/C16H21NOS/c1-17-14(11-16(18-2)8-4-9-16)13-6-3-5-12-7-10-19-15(12)13/h3,5-7,10,14,17H,4,8-9,11H2,1-2H3. The summed E-state index contributed by atoms with van der Waals surface area (Å²) in [6.07, 6.45) is 4.76. The Morgan fingerprint density at radius 2 is 2.21 bits per heavy atom. The molecular weight excluding hydrogens is 254 g/mol. The number of ether oxygens (including phenoxy) is 1. The molecule has 0 radical (unpaired) electrons. The van der Waals surface area contributed by atoms with Crippen LogP contribution in [-0.2, 0) is 4.74 Å². The lowest BCUT2D eigenvalue weighted by Gasteiger charge is -2.43. The van der Waals surface area contributed by atoms with Crippen molar-refractivity contribution in [2.24, 2.45) is 0 Å². The quantitative estimate of drug-likeness (QED) is 0.886. The second kappa shape index (κ2) is 5.23. The van der Waals surface area contributed by atoms with Gasteiger partial charge in [-0.15, -0.1) is 11.3 Å². The summed E-state index contributed by atoms with van der Waals surface area (Å²) in [5.41, 5.74) is 1.52. The number of benzene rings is 1. The molecule has 1 N–H and O–H groups in total. The number of nitrogens with one attached hydrogen (secondary N) is 1. The van der Waals surface area contributed by atoms with E-state index in [2.05, 4.69) is 42.0 Å². The van der Waals surface area contributed by atoms with Gasteiger partial charge in [-0.05, 0) is 55.1 Å². The van der Waals surface area contributed by atoms with Crippen LogP contribution in [0.5, 0.6) is 0 Å². The Morgan fingerprint density at radius 3 is 2.84 bits per heavy atom. The molecule has 3 rings (SSSR count). The van der Waals surface area contributed by atoms with E-state index in [1.165, 1.54) is 34.9 Å². The van der Waals surface area contributed by atoms with Crippen LogP contribution in [-0.4, -0.2) is 19.8 Å². The molecule has 19 heavy (non-hydrogen) atoms. The molecule has 1 atom stereocenters. The second-order valence-electron chi connectivity index (χ2n) is 5.47. The fraction of sp³-hybridized carbons (Fsp3) is 0.500. The SMILES string of the molecule is CNC(CC1(OC)CCC1)c1cccc2ccsc12. The minimum atomic E-state index is 0.104. The third-order valence-electron chi connectivity index (χ3n) is 4.51. The van der Waals surface area contributed by atoms with E-state index >= 15 is 0 Å². The molecule has 3 heteroatoms. The molecule has 1 aliphatic rings. The highest BCUT2D eigenvalue weighted by Gasteiger charge is 2.39. The molecule has 1 aromatic heterocycles. The van der Waals surface area contributed by atoms with E-state index in [0.29, 0.717) is 6.04 Å². The van der Waals surface area contributed by atoms with Crippen molar-refractivity contribution >= 4 is 21.4 Å². The Labute approximate surface area is 118 Å². The van der Waals surface area contributed by atoms with Crippen molar-refractivity contribution in [3.05, 3.63) is 35.2 Å². The highest BCUT2D eigenvalue weighted by molar-refractivity contribution is 7.17. The molecule has 1 saturated carbocycles. The smallest absolute Gasteiger partial charge is 0.0697 e. The number of thiophene rings is 1. The average Bonchev–Trinajstić information content (AvgIpc) is 2.87. The molecule has 2 nitrogen and oxygen atoms in total. The molecular formula is C16H21NOS. The van der Waals surface area contributed by atoms with Crippen molar-refractivity contribution in [3.63, 3.8) is 0 Å². The van der Waals surface area contributed by atoms with Gasteiger partial charge in [0.2, 0.25) is 0 Å². The van der Waals surface area contributed by atoms with Crippen molar-refractivity contribution in [2.45, 2.75) is 37.3 Å². The first-order valence-corrected chi connectivity index (χ1v) is 7.84. The van der Waals surface area contributed by atoms with Crippen LogP contribution in [0, 0.1) is 0 Å². The van der Waals surface area contributed by atoms with Gasteiger partial charge >= 0.3 is 0 Å². The van der Waals surface area contributed by atoms with Crippen LogP contribution in [0.1, 0.15) is 37.3 Å². The largest absolute Gasteiger partial charge is 0.378 e. The Bertz CT molecular complexity index is 553. The third kappa shape index (κ3) is 2.31. The Kier molecular flexibility index (Phi) is 3.61. The predicted octanol–water partition coefficient (Wildman–Crippen LogP) is 4.12. The summed E-state index contributed by atoms with van der Waals surface area (Å²) in [6, 6.07) is 9.18. The maximum absolute atomic E-state index is 5.78. The number of methoxy groups -OCH3 is 1. The molecule has 1 aliphatic carbocycles. The first-order valence-electron chi connectivity index (χ1n) is 6.96. The van der Waals surface area contributed by atoms with Crippen LogP contribution in [0.15, 0.2) is 29.6 Å². The van der Waals surface area contributed by atoms with E-state index in [4.69, 9.17) is 4.74 Å². The Morgan fingerprint density at radius 1 is 1.37 bits per heavy atom. The van der Waals surface area contributed by atoms with Crippen LogP contribution in [0.25, 0.3) is 10.1 Å². The molecule has 1 fully saturated rings. The maximum Gasteiger partial charge on any atom is 0.0697 e. The second-order valence-corrected chi connectivity index (χ2v) is 6.39. The minimum Gasteiger partial charge on any atom is -0.378 e. The molecule has 1 unspecified atom stereocenters. The lowest BCUT2D eigenvalue weighted by atomic mass is 9.74. The molecule has 102 valence electrons. The highest BCUT2D eigenvalue weighted by Crippen LogP contribution is 2.43. The number of hydrogen-bond donors (Lipinski definition) is 1. The number of rotatable bonds is 5. The van der Waals surface area contributed by atoms with Crippen molar-refractivity contribution in [1.29, 1.82) is 0 Å². The fourth-order valence-electron chi connectivity index (χ4n) is 3.09. The monoisotopic (exact) mass is 275 g/mol. The van der Waals surface area contributed by atoms with E-state index in [0.717, 1.165) is 6.42 Å². The molecule has 0 aliphatic heterocycles. The van der Waals surface area contributed by atoms with E-state index in [9.17, 15) is 0 Å². The zero-order chi connectivity index (χ0) is 13.3. The van der Waals surface area contributed by atoms with Gasteiger partial charge in [0, 0.05) is 17.9 Å². The Balaban J connectivity index is 1.91. The van der Waals surface area contributed by atoms with Crippen molar-refractivity contribution < 1.29 is 4.74 Å². The normalized spacial score (nSPS) is 19.3. The van der Waals surface area contributed by atoms with Gasteiger partial charge in [-0.25, -0.2) is 0 Å². The van der Waals surface area contributed by atoms with Crippen LogP contribution in [0.3, 0.4) is 0 Å². The van der Waals surface area contributed by atoms with Crippen LogP contribution in [0.2, 0.25) is 0 Å². The lowest BCUT2D eigenvalue weighted by Crippen LogP contribution is -2.42. The van der Waals surface area contributed by atoms with Gasteiger partial charge in [0.15, 0.2) is 0 Å². The summed E-state index contributed by atoms with van der Waals surface area (Å²) < 4.78 is 7.19. The highest BCUT2D eigenvalue weighted by atomic mass is 32.1. The van der Waals surface area contributed by atoms with Gasteiger partial charge in [0.05, 0.1) is 5.60 Å². The van der Waals surface area contributed by atoms with Gasteiger partial charge in [-0.3, -0.25) is 0 Å². The molecule has 0 amide bonds. The zero-order valence-corrected chi connectivity index (χ0v) is 12.4. The minimum absolute atomic E-state index is 0.104. The van der Waals surface area contributed by atoms with Gasteiger partial charge in [-0.2, -0.15) is 0 Å². The topological polar surface area (TPSA) is 21.3 Å². The van der Waals surface area contributed by atoms with Crippen LogP contribution >= 0.6 is 11.3 Å². The van der Waals surface area contributed by atoms with Gasteiger partial charge < -0.3 is 10.1 Å². The molecule has 0 bridgehead atoms. The maximum atomic E-state index is 5.78. The molecule has 2 aromatic rings. The lowest BCUT2D eigenvalue weighted by molar-refractivity contribution is -0.0833. The summed E-state index contributed by atoms with van der Waals surface area (Å²) in [5.74, 6) is 0. The van der Waals surface area contributed by atoms with E-state index in [1.807, 2.05) is 18.4 Å².